The first kappa shape index (κ1) is 31.7. The molecule has 4 aromatic heterocycles. The van der Waals surface area contributed by atoms with Gasteiger partial charge in [-0.3, -0.25) is 19.4 Å². The molecule has 13 heteroatoms. The molecule has 12 nitrogen and oxygen atoms in total. The van der Waals surface area contributed by atoms with E-state index in [4.69, 9.17) is 4.74 Å². The summed E-state index contributed by atoms with van der Waals surface area (Å²) in [7, 11) is 1.66. The van der Waals surface area contributed by atoms with Crippen molar-refractivity contribution < 1.29 is 19.0 Å². The fraction of sp³-hybridized carbons (Fsp3) is 0.444. The number of hydrogen-bond donors (Lipinski definition) is 2. The largest absolute Gasteiger partial charge is 0.392 e. The number of pyridine rings is 3. The molecule has 2 fully saturated rings. The molecule has 8 rings (SSSR count). The normalized spacial score (nSPS) is 19.2. The van der Waals surface area contributed by atoms with Gasteiger partial charge in [-0.1, -0.05) is 13.8 Å². The van der Waals surface area contributed by atoms with Gasteiger partial charge in [0.05, 0.1) is 37.7 Å². The second-order valence-electron chi connectivity index (χ2n) is 14.3. The maximum absolute atomic E-state index is 15.7. The number of amides is 1. The summed E-state index contributed by atoms with van der Waals surface area (Å²) in [4.78, 5) is 42.4. The number of carbonyl (C=O) groups is 1. The predicted octanol–water partition coefficient (Wildman–Crippen LogP) is 3.32. The summed E-state index contributed by atoms with van der Waals surface area (Å²) in [5.74, 6) is -0.114. The van der Waals surface area contributed by atoms with Crippen molar-refractivity contribution in [2.45, 2.75) is 45.9 Å². The molecule has 3 aliphatic heterocycles. The molecule has 0 spiro atoms. The van der Waals surface area contributed by atoms with Gasteiger partial charge in [-0.25, -0.2) is 14.4 Å². The Bertz CT molecular complexity index is 1990. The first-order valence-electron chi connectivity index (χ1n) is 16.9. The van der Waals surface area contributed by atoms with Crippen LogP contribution >= 0.6 is 0 Å². The molecule has 2 N–H and O–H groups in total. The van der Waals surface area contributed by atoms with Crippen LogP contribution in [0.15, 0.2) is 47.7 Å². The maximum atomic E-state index is 15.7. The van der Waals surface area contributed by atoms with E-state index in [1.54, 1.807) is 31.6 Å². The van der Waals surface area contributed by atoms with Crippen molar-refractivity contribution in [1.82, 2.24) is 24.0 Å². The topological polar surface area (TPSA) is 121 Å². The smallest absolute Gasteiger partial charge is 0.279 e. The third-order valence-electron chi connectivity index (χ3n) is 10.5. The van der Waals surface area contributed by atoms with Gasteiger partial charge in [0.1, 0.15) is 23.0 Å². The average Bonchev–Trinajstić information content (AvgIpc) is 3.53. The number of anilines is 4. The minimum absolute atomic E-state index is 0.0436. The van der Waals surface area contributed by atoms with E-state index in [0.29, 0.717) is 59.3 Å². The average molecular weight is 669 g/mol. The Kier molecular flexibility index (Phi) is 7.80. The van der Waals surface area contributed by atoms with Crippen molar-refractivity contribution in [3.05, 3.63) is 81.5 Å². The highest BCUT2D eigenvalue weighted by atomic mass is 19.1. The van der Waals surface area contributed by atoms with E-state index in [-0.39, 0.29) is 22.5 Å². The number of aliphatic hydroxyl groups excluding tert-OH is 1. The lowest BCUT2D eigenvalue weighted by atomic mass is 9.90. The van der Waals surface area contributed by atoms with Crippen LogP contribution in [0.3, 0.4) is 0 Å². The molecule has 49 heavy (non-hydrogen) atoms. The van der Waals surface area contributed by atoms with Gasteiger partial charge in [-0.05, 0) is 48.1 Å². The van der Waals surface area contributed by atoms with Crippen LogP contribution in [0.25, 0.3) is 11.1 Å². The Labute approximate surface area is 283 Å². The fourth-order valence-electron chi connectivity index (χ4n) is 7.80. The summed E-state index contributed by atoms with van der Waals surface area (Å²) >= 11 is 0. The van der Waals surface area contributed by atoms with Crippen molar-refractivity contribution in [3.8, 4) is 11.1 Å². The molecule has 0 saturated carbocycles. The van der Waals surface area contributed by atoms with Crippen molar-refractivity contribution in [1.29, 1.82) is 0 Å². The third kappa shape index (κ3) is 5.49. The zero-order valence-corrected chi connectivity index (χ0v) is 28.1. The summed E-state index contributed by atoms with van der Waals surface area (Å²) in [6, 6.07) is 7.88. The lowest BCUT2D eigenvalue weighted by molar-refractivity contribution is -0.0660. The highest BCUT2D eigenvalue weighted by molar-refractivity contribution is 6.06. The molecule has 0 atom stereocenters. The maximum Gasteiger partial charge on any atom is 0.279 e. The number of carbonyl (C=O) groups excluding carboxylic acids is 1. The van der Waals surface area contributed by atoms with E-state index < -0.39 is 18.3 Å². The van der Waals surface area contributed by atoms with Gasteiger partial charge in [0, 0.05) is 81.1 Å². The van der Waals surface area contributed by atoms with Crippen LogP contribution in [0.4, 0.5) is 27.4 Å². The highest BCUT2D eigenvalue weighted by Crippen LogP contribution is 2.42. The van der Waals surface area contributed by atoms with Gasteiger partial charge >= 0.3 is 0 Å². The van der Waals surface area contributed by atoms with E-state index in [2.05, 4.69) is 38.9 Å². The number of nitrogens with one attached hydrogen (secondary N) is 1. The Hall–Kier alpha value is -4.59. The van der Waals surface area contributed by atoms with Crippen LogP contribution in [0.1, 0.15) is 41.2 Å². The van der Waals surface area contributed by atoms with Crippen LogP contribution in [-0.4, -0.2) is 87.0 Å². The van der Waals surface area contributed by atoms with Crippen molar-refractivity contribution in [2.75, 3.05) is 61.1 Å². The molecule has 4 aromatic rings. The monoisotopic (exact) mass is 668 g/mol. The van der Waals surface area contributed by atoms with Gasteiger partial charge in [0.15, 0.2) is 5.82 Å². The molecule has 0 bridgehead atoms. The third-order valence-corrected chi connectivity index (χ3v) is 10.5. The highest BCUT2D eigenvalue weighted by Gasteiger charge is 2.41. The van der Waals surface area contributed by atoms with Gasteiger partial charge < -0.3 is 29.2 Å². The van der Waals surface area contributed by atoms with Gasteiger partial charge in [-0.15, -0.1) is 0 Å². The number of nitrogens with zero attached hydrogens (tertiary/aromatic N) is 7. The zero-order chi connectivity index (χ0) is 34.0. The number of aryl methyl sites for hydroxylation is 1. The lowest BCUT2D eigenvalue weighted by Gasteiger charge is -2.43. The molecule has 4 aliphatic rings. The van der Waals surface area contributed by atoms with E-state index in [9.17, 15) is 14.7 Å². The number of fused-ring (bicyclic) bond motifs is 3. The van der Waals surface area contributed by atoms with Crippen molar-refractivity contribution in [2.24, 2.45) is 12.5 Å². The quantitative estimate of drug-likeness (QED) is 0.306. The number of hydrogen-bond acceptors (Lipinski definition) is 9. The van der Waals surface area contributed by atoms with Crippen molar-refractivity contribution >= 4 is 28.9 Å². The summed E-state index contributed by atoms with van der Waals surface area (Å²) in [5.41, 5.74) is 4.31. The van der Waals surface area contributed by atoms with Crippen LogP contribution in [0.2, 0.25) is 0 Å². The first-order valence-corrected chi connectivity index (χ1v) is 16.9. The summed E-state index contributed by atoms with van der Waals surface area (Å²) in [6.07, 6.45) is 6.39. The zero-order valence-electron chi connectivity index (χ0n) is 28.1. The van der Waals surface area contributed by atoms with E-state index in [1.165, 1.54) is 9.47 Å². The van der Waals surface area contributed by atoms with Gasteiger partial charge in [0.2, 0.25) is 0 Å². The Morgan fingerprint density at radius 2 is 1.84 bits per heavy atom. The van der Waals surface area contributed by atoms with Gasteiger partial charge in [0.25, 0.3) is 11.5 Å². The fourth-order valence-corrected chi connectivity index (χ4v) is 7.80. The number of aromatic nitrogens is 4. The van der Waals surface area contributed by atoms with E-state index in [0.717, 1.165) is 57.2 Å². The Morgan fingerprint density at radius 1 is 1.04 bits per heavy atom. The summed E-state index contributed by atoms with van der Waals surface area (Å²) in [5, 5.41) is 13.8. The molecule has 256 valence electrons. The van der Waals surface area contributed by atoms with Crippen LogP contribution in [-0.2, 0) is 37.8 Å². The van der Waals surface area contributed by atoms with E-state index >= 15 is 4.39 Å². The molecule has 2 saturated heterocycles. The molecular weight excluding hydrogens is 627 g/mol. The number of rotatable bonds is 7. The van der Waals surface area contributed by atoms with Crippen molar-refractivity contribution in [3.63, 3.8) is 0 Å². The SMILES string of the molecule is Cn1cc(-c2ccnc(N3CCn4c5c(c(F)c4C3=O)CC(C)(C)C5)c2CO)cc(Nc2ccc(N3CCN(C4COC4)CC3)cn2)c1=O. The van der Waals surface area contributed by atoms with Crippen LogP contribution < -0.4 is 20.7 Å². The molecule has 0 aromatic carbocycles. The molecule has 7 heterocycles. The standard InChI is InChI=1S/C36H41FN8O4/c1-36(2)15-26-29(16-36)44-12-13-45(35(48)32(44)31(26)37)33-27(19-46)25(6-7-38-33)22-14-28(34(47)41(3)18-22)40-30-5-4-23(17-39-30)42-8-10-43(11-9-42)24-20-49-21-24/h4-7,14,17-18,24,46H,8-13,15-16,19-21H2,1-3H3,(H,39,40). The predicted molar refractivity (Wildman–Crippen MR) is 184 cm³/mol. The summed E-state index contributed by atoms with van der Waals surface area (Å²) < 4.78 is 24.4. The molecular formula is C36H41FN8O4. The molecule has 1 amide bonds. The number of ether oxygens (including phenoxy) is 1. The van der Waals surface area contributed by atoms with E-state index in [1.807, 2.05) is 22.9 Å². The Balaban J connectivity index is 1.04. The molecule has 0 radical (unpaired) electrons. The first-order chi connectivity index (χ1) is 23.6. The summed E-state index contributed by atoms with van der Waals surface area (Å²) in [6.45, 7) is 9.99. The van der Waals surface area contributed by atoms with Crippen LogP contribution in [0, 0.1) is 11.2 Å². The minimum atomic E-state index is -0.470. The Morgan fingerprint density at radius 3 is 2.53 bits per heavy atom. The number of halogens is 1. The number of aliphatic hydroxyl groups is 1. The molecule has 0 unspecified atom stereocenters. The van der Waals surface area contributed by atoms with Gasteiger partial charge in [-0.2, -0.15) is 0 Å². The minimum Gasteiger partial charge on any atom is -0.392 e. The second-order valence-corrected chi connectivity index (χ2v) is 14.3. The molecule has 1 aliphatic carbocycles. The lowest BCUT2D eigenvalue weighted by Crippen LogP contribution is -2.56. The van der Waals surface area contributed by atoms with Crippen LogP contribution in [0.5, 0.6) is 0 Å². The second kappa shape index (κ2) is 12.1. The number of piperazine rings is 1.